The van der Waals surface area contributed by atoms with Crippen molar-refractivity contribution in [3.8, 4) is 0 Å². The molecule has 0 radical (unpaired) electrons. The molecule has 4 nitrogen and oxygen atoms in total. The number of rotatable bonds is 3. The van der Waals surface area contributed by atoms with Crippen LogP contribution in [0.1, 0.15) is 32.6 Å². The minimum atomic E-state index is 0.317. The van der Waals surface area contributed by atoms with Gasteiger partial charge in [-0.3, -0.25) is 4.99 Å². The largest absolute Gasteiger partial charge is 0.381 e. The van der Waals surface area contributed by atoms with Crippen LogP contribution in [0.5, 0.6) is 0 Å². The smallest absolute Gasteiger partial charge is 0.193 e. The molecule has 0 aromatic carbocycles. The van der Waals surface area contributed by atoms with Crippen LogP contribution in [-0.2, 0) is 4.74 Å². The van der Waals surface area contributed by atoms with Crippen LogP contribution >= 0.6 is 11.8 Å². The lowest BCUT2D eigenvalue weighted by Gasteiger charge is -2.38. The van der Waals surface area contributed by atoms with Gasteiger partial charge in [0.25, 0.3) is 0 Å². The van der Waals surface area contributed by atoms with Gasteiger partial charge >= 0.3 is 0 Å². The molecule has 1 N–H and O–H groups in total. The predicted molar refractivity (Wildman–Crippen MR) is 87.6 cm³/mol. The van der Waals surface area contributed by atoms with Gasteiger partial charge in [-0.1, -0.05) is 6.92 Å². The number of nitrogens with one attached hydrogen (secondary N) is 1. The monoisotopic (exact) mass is 299 g/mol. The van der Waals surface area contributed by atoms with Gasteiger partial charge in [-0.2, -0.15) is 11.8 Å². The van der Waals surface area contributed by atoms with Gasteiger partial charge in [-0.15, -0.1) is 0 Å². The van der Waals surface area contributed by atoms with Crippen LogP contribution in [0, 0.1) is 5.92 Å². The van der Waals surface area contributed by atoms with Crippen molar-refractivity contribution < 1.29 is 4.74 Å². The van der Waals surface area contributed by atoms with E-state index in [-0.39, 0.29) is 0 Å². The number of piperidine rings is 1. The van der Waals surface area contributed by atoms with Gasteiger partial charge in [0.15, 0.2) is 5.96 Å². The summed E-state index contributed by atoms with van der Waals surface area (Å²) in [5.41, 5.74) is 0. The zero-order valence-corrected chi connectivity index (χ0v) is 14.0. The summed E-state index contributed by atoms with van der Waals surface area (Å²) in [6.45, 7) is 7.39. The van der Waals surface area contributed by atoms with E-state index >= 15 is 0 Å². The van der Waals surface area contributed by atoms with Gasteiger partial charge in [-0.25, -0.2) is 0 Å². The average molecular weight is 299 g/mol. The first-order valence-electron chi connectivity index (χ1n) is 7.77. The minimum absolute atomic E-state index is 0.317. The third-order valence-electron chi connectivity index (χ3n) is 4.70. The van der Waals surface area contributed by atoms with Crippen molar-refractivity contribution in [3.05, 3.63) is 0 Å². The van der Waals surface area contributed by atoms with E-state index < -0.39 is 0 Å². The highest BCUT2D eigenvalue weighted by molar-refractivity contribution is 8.00. The van der Waals surface area contributed by atoms with Crippen molar-refractivity contribution >= 4 is 17.7 Å². The summed E-state index contributed by atoms with van der Waals surface area (Å²) in [6, 6.07) is 0. The summed E-state index contributed by atoms with van der Waals surface area (Å²) in [6.07, 6.45) is 7.05. The van der Waals surface area contributed by atoms with E-state index in [1.54, 1.807) is 0 Å². The topological polar surface area (TPSA) is 36.9 Å². The molecule has 0 aliphatic carbocycles. The lowest BCUT2D eigenvalue weighted by atomic mass is 9.98. The van der Waals surface area contributed by atoms with Crippen LogP contribution in [0.2, 0.25) is 0 Å². The molecular formula is C15H29N3OS. The first-order valence-corrected chi connectivity index (χ1v) is 9.00. The quantitative estimate of drug-likeness (QED) is 0.640. The number of nitrogens with zero attached hydrogens (tertiary/aromatic N) is 2. The van der Waals surface area contributed by atoms with Gasteiger partial charge in [0, 0.05) is 44.6 Å². The SMILES string of the molecule is CN=C(NCC1(SC)CCOCC1)N1CCC(C)CC1. The Morgan fingerprint density at radius 1 is 1.35 bits per heavy atom. The average Bonchev–Trinajstić information content (AvgIpc) is 2.50. The Morgan fingerprint density at radius 3 is 2.55 bits per heavy atom. The molecule has 116 valence electrons. The van der Waals surface area contributed by atoms with Gasteiger partial charge < -0.3 is 15.0 Å². The van der Waals surface area contributed by atoms with E-state index in [0.29, 0.717) is 4.75 Å². The molecule has 2 saturated heterocycles. The first kappa shape index (κ1) is 16.0. The molecule has 2 rings (SSSR count). The van der Waals surface area contributed by atoms with E-state index in [2.05, 4.69) is 28.4 Å². The van der Waals surface area contributed by atoms with E-state index in [9.17, 15) is 0 Å². The fraction of sp³-hybridized carbons (Fsp3) is 0.933. The number of aliphatic imine (C=N–C) groups is 1. The highest BCUT2D eigenvalue weighted by Gasteiger charge is 2.32. The van der Waals surface area contributed by atoms with E-state index in [1.807, 2.05) is 18.8 Å². The molecule has 0 aromatic rings. The maximum absolute atomic E-state index is 5.51. The van der Waals surface area contributed by atoms with Crippen LogP contribution in [0.25, 0.3) is 0 Å². The molecule has 0 bridgehead atoms. The van der Waals surface area contributed by atoms with Crippen LogP contribution < -0.4 is 5.32 Å². The standard InChI is InChI=1S/C15H29N3OS/c1-13-4-8-18(9-5-13)14(16-2)17-12-15(20-3)6-10-19-11-7-15/h13H,4-12H2,1-3H3,(H,16,17). The molecular weight excluding hydrogens is 270 g/mol. The number of guanidine groups is 1. The predicted octanol–water partition coefficient (Wildman–Crippen LogP) is 2.21. The third-order valence-corrected chi connectivity index (χ3v) is 6.12. The number of ether oxygens (including phenoxy) is 1. The van der Waals surface area contributed by atoms with Crippen LogP contribution in [0.3, 0.4) is 0 Å². The second-order valence-corrected chi connectivity index (χ2v) is 7.34. The highest BCUT2D eigenvalue weighted by atomic mass is 32.2. The summed E-state index contributed by atoms with van der Waals surface area (Å²) in [5.74, 6) is 1.94. The van der Waals surface area contributed by atoms with Crippen LogP contribution in [0.15, 0.2) is 4.99 Å². The number of hydrogen-bond donors (Lipinski definition) is 1. The maximum atomic E-state index is 5.51. The van der Waals surface area contributed by atoms with E-state index in [0.717, 1.165) is 57.6 Å². The molecule has 0 saturated carbocycles. The molecule has 5 heteroatoms. The molecule has 2 aliphatic rings. The van der Waals surface area contributed by atoms with Crippen molar-refractivity contribution in [2.45, 2.75) is 37.4 Å². The fourth-order valence-corrected chi connectivity index (χ4v) is 3.78. The lowest BCUT2D eigenvalue weighted by Crippen LogP contribution is -2.50. The van der Waals surface area contributed by atoms with Crippen molar-refractivity contribution in [2.24, 2.45) is 10.9 Å². The number of thioether (sulfide) groups is 1. The Kier molecular flexibility index (Phi) is 6.02. The van der Waals surface area contributed by atoms with Crippen molar-refractivity contribution in [1.82, 2.24) is 10.2 Å². The molecule has 0 aromatic heterocycles. The lowest BCUT2D eigenvalue weighted by molar-refractivity contribution is 0.0780. The molecule has 2 fully saturated rings. The summed E-state index contributed by atoms with van der Waals surface area (Å²) in [5, 5.41) is 3.61. The Balaban J connectivity index is 1.87. The van der Waals surface area contributed by atoms with Crippen molar-refractivity contribution in [3.63, 3.8) is 0 Å². The molecule has 20 heavy (non-hydrogen) atoms. The summed E-state index contributed by atoms with van der Waals surface area (Å²) in [4.78, 5) is 6.89. The normalized spacial score (nSPS) is 24.8. The van der Waals surface area contributed by atoms with Gasteiger partial charge in [-0.05, 0) is 37.9 Å². The Hall–Kier alpha value is -0.420. The van der Waals surface area contributed by atoms with Crippen molar-refractivity contribution in [2.75, 3.05) is 46.2 Å². The molecule has 2 heterocycles. The molecule has 0 amide bonds. The van der Waals surface area contributed by atoms with E-state index in [1.165, 1.54) is 12.8 Å². The number of likely N-dealkylation sites (tertiary alicyclic amines) is 1. The second-order valence-electron chi connectivity index (χ2n) is 6.07. The zero-order valence-electron chi connectivity index (χ0n) is 13.2. The Bertz CT molecular complexity index is 321. The van der Waals surface area contributed by atoms with Crippen molar-refractivity contribution in [1.29, 1.82) is 0 Å². The molecule has 0 unspecified atom stereocenters. The molecule has 0 atom stereocenters. The van der Waals surface area contributed by atoms with Gasteiger partial charge in [0.2, 0.25) is 0 Å². The van der Waals surface area contributed by atoms with Crippen LogP contribution in [-0.4, -0.2) is 61.8 Å². The number of hydrogen-bond acceptors (Lipinski definition) is 3. The summed E-state index contributed by atoms with van der Waals surface area (Å²) in [7, 11) is 1.90. The first-order chi connectivity index (χ1) is 9.69. The Labute approximate surface area is 127 Å². The fourth-order valence-electron chi connectivity index (χ4n) is 2.99. The minimum Gasteiger partial charge on any atom is -0.381 e. The van der Waals surface area contributed by atoms with Gasteiger partial charge in [0.05, 0.1) is 0 Å². The molecule has 0 spiro atoms. The highest BCUT2D eigenvalue weighted by Crippen LogP contribution is 2.33. The van der Waals surface area contributed by atoms with E-state index in [4.69, 9.17) is 4.74 Å². The maximum Gasteiger partial charge on any atom is 0.193 e. The Morgan fingerprint density at radius 2 is 2.00 bits per heavy atom. The van der Waals surface area contributed by atoms with Gasteiger partial charge in [0.1, 0.15) is 0 Å². The third kappa shape index (κ3) is 4.04. The summed E-state index contributed by atoms with van der Waals surface area (Å²) < 4.78 is 5.82. The second kappa shape index (κ2) is 7.55. The molecule has 2 aliphatic heterocycles. The zero-order chi connectivity index (χ0) is 14.4. The summed E-state index contributed by atoms with van der Waals surface area (Å²) >= 11 is 1.98. The van der Waals surface area contributed by atoms with Crippen LogP contribution in [0.4, 0.5) is 0 Å².